The molecule has 7 heteroatoms. The van der Waals surface area contributed by atoms with E-state index in [0.29, 0.717) is 48.0 Å². The van der Waals surface area contributed by atoms with Crippen LogP contribution in [0, 0.1) is 0 Å². The second-order valence-electron chi connectivity index (χ2n) is 4.64. The van der Waals surface area contributed by atoms with E-state index in [0.717, 1.165) is 18.5 Å². The summed E-state index contributed by atoms with van der Waals surface area (Å²) in [5, 5.41) is 7.59. The van der Waals surface area contributed by atoms with Crippen LogP contribution < -0.4 is 14.8 Å². The van der Waals surface area contributed by atoms with Crippen molar-refractivity contribution >= 4 is 17.3 Å². The molecule has 6 nitrogen and oxygen atoms in total. The predicted octanol–water partition coefficient (Wildman–Crippen LogP) is 3.06. The van der Waals surface area contributed by atoms with Crippen LogP contribution in [0.4, 0.5) is 5.69 Å². The number of benzene rings is 1. The van der Waals surface area contributed by atoms with Crippen LogP contribution in [0.15, 0.2) is 16.7 Å². The van der Waals surface area contributed by atoms with E-state index in [2.05, 4.69) is 15.5 Å². The molecule has 1 aromatic heterocycles. The standard InChI is InChI=1S/C14H16ClN3O3/c1-2-13-17-14(21-18-13)8-16-10-7-12-11(6-9(10)15)19-4-3-5-20-12/h6-7,16H,2-5,8H2,1H3. The topological polar surface area (TPSA) is 69.4 Å². The molecule has 3 rings (SSSR count). The minimum Gasteiger partial charge on any atom is -0.490 e. The third-order valence-corrected chi connectivity index (χ3v) is 3.41. The highest BCUT2D eigenvalue weighted by Gasteiger charge is 2.14. The number of aromatic nitrogens is 2. The Morgan fingerprint density at radius 3 is 2.71 bits per heavy atom. The van der Waals surface area contributed by atoms with Gasteiger partial charge in [-0.05, 0) is 0 Å². The zero-order valence-electron chi connectivity index (χ0n) is 11.7. The lowest BCUT2D eigenvalue weighted by Crippen LogP contribution is -2.02. The Morgan fingerprint density at radius 1 is 1.24 bits per heavy atom. The van der Waals surface area contributed by atoms with Gasteiger partial charge in [-0.15, -0.1) is 0 Å². The fourth-order valence-corrected chi connectivity index (χ4v) is 2.22. The van der Waals surface area contributed by atoms with Crippen LogP contribution >= 0.6 is 11.6 Å². The molecule has 2 heterocycles. The molecule has 0 fully saturated rings. The summed E-state index contributed by atoms with van der Waals surface area (Å²) in [6.07, 6.45) is 1.60. The highest BCUT2D eigenvalue weighted by molar-refractivity contribution is 6.33. The number of ether oxygens (including phenoxy) is 2. The van der Waals surface area contributed by atoms with Gasteiger partial charge in [-0.3, -0.25) is 0 Å². The summed E-state index contributed by atoms with van der Waals surface area (Å²) in [6.45, 7) is 3.66. The van der Waals surface area contributed by atoms with Crippen molar-refractivity contribution in [3.05, 3.63) is 28.9 Å². The van der Waals surface area contributed by atoms with Crippen molar-refractivity contribution in [2.75, 3.05) is 18.5 Å². The van der Waals surface area contributed by atoms with E-state index in [1.165, 1.54) is 0 Å². The summed E-state index contributed by atoms with van der Waals surface area (Å²) in [5.41, 5.74) is 0.747. The number of hydrogen-bond donors (Lipinski definition) is 1. The summed E-state index contributed by atoms with van der Waals surface area (Å²) >= 11 is 6.25. The quantitative estimate of drug-likeness (QED) is 0.936. The number of nitrogens with zero attached hydrogens (tertiary/aromatic N) is 2. The molecule has 0 saturated carbocycles. The number of halogens is 1. The molecule has 112 valence electrons. The lowest BCUT2D eigenvalue weighted by molar-refractivity contribution is 0.297. The van der Waals surface area contributed by atoms with Crippen LogP contribution in [0.5, 0.6) is 11.5 Å². The van der Waals surface area contributed by atoms with Crippen molar-refractivity contribution in [2.24, 2.45) is 0 Å². The summed E-state index contributed by atoms with van der Waals surface area (Å²) in [5.74, 6) is 2.58. The Bertz CT molecular complexity index is 630. The van der Waals surface area contributed by atoms with Gasteiger partial charge in [0.2, 0.25) is 5.89 Å². The van der Waals surface area contributed by atoms with Crippen molar-refractivity contribution in [1.82, 2.24) is 10.1 Å². The lowest BCUT2D eigenvalue weighted by Gasteiger charge is -2.12. The maximum atomic E-state index is 6.25. The van der Waals surface area contributed by atoms with E-state index in [1.807, 2.05) is 13.0 Å². The van der Waals surface area contributed by atoms with Gasteiger partial charge < -0.3 is 19.3 Å². The minimum absolute atomic E-state index is 0.409. The summed E-state index contributed by atoms with van der Waals surface area (Å²) < 4.78 is 16.4. The summed E-state index contributed by atoms with van der Waals surface area (Å²) in [6, 6.07) is 3.59. The lowest BCUT2D eigenvalue weighted by atomic mass is 10.2. The van der Waals surface area contributed by atoms with Gasteiger partial charge in [0.15, 0.2) is 17.3 Å². The smallest absolute Gasteiger partial charge is 0.245 e. The average molecular weight is 310 g/mol. The zero-order valence-corrected chi connectivity index (χ0v) is 12.4. The van der Waals surface area contributed by atoms with Gasteiger partial charge in [0.1, 0.15) is 0 Å². The molecule has 0 radical (unpaired) electrons. The summed E-state index contributed by atoms with van der Waals surface area (Å²) in [7, 11) is 0. The second kappa shape index (κ2) is 6.22. The molecule has 21 heavy (non-hydrogen) atoms. The Hall–Kier alpha value is -1.95. The fourth-order valence-electron chi connectivity index (χ4n) is 2.00. The third-order valence-electron chi connectivity index (χ3n) is 3.09. The van der Waals surface area contributed by atoms with Crippen molar-refractivity contribution in [3.8, 4) is 11.5 Å². The molecule has 0 unspecified atom stereocenters. The molecule has 1 aromatic carbocycles. The molecule has 1 aliphatic rings. The first-order valence-electron chi connectivity index (χ1n) is 6.90. The molecule has 0 spiro atoms. The van der Waals surface area contributed by atoms with E-state index < -0.39 is 0 Å². The molecule has 2 aromatic rings. The Labute approximate surface area is 127 Å². The molecule has 0 aliphatic carbocycles. The van der Waals surface area contributed by atoms with Crippen LogP contribution in [0.25, 0.3) is 0 Å². The van der Waals surface area contributed by atoms with Crippen LogP contribution in [-0.4, -0.2) is 23.4 Å². The van der Waals surface area contributed by atoms with Gasteiger partial charge >= 0.3 is 0 Å². The van der Waals surface area contributed by atoms with Crippen molar-refractivity contribution < 1.29 is 14.0 Å². The molecule has 0 saturated heterocycles. The average Bonchev–Trinajstić information content (AvgIpc) is 2.84. The fraction of sp³-hybridized carbons (Fsp3) is 0.429. The van der Waals surface area contributed by atoms with Gasteiger partial charge in [-0.1, -0.05) is 23.7 Å². The van der Waals surface area contributed by atoms with Gasteiger partial charge in [0.25, 0.3) is 0 Å². The number of fused-ring (bicyclic) bond motifs is 1. The maximum Gasteiger partial charge on any atom is 0.245 e. The van der Waals surface area contributed by atoms with Crippen molar-refractivity contribution in [3.63, 3.8) is 0 Å². The van der Waals surface area contributed by atoms with E-state index in [9.17, 15) is 0 Å². The number of hydrogen-bond acceptors (Lipinski definition) is 6. The van der Waals surface area contributed by atoms with E-state index >= 15 is 0 Å². The highest BCUT2D eigenvalue weighted by Crippen LogP contribution is 2.37. The second-order valence-corrected chi connectivity index (χ2v) is 5.05. The van der Waals surface area contributed by atoms with E-state index in [1.54, 1.807) is 6.07 Å². The van der Waals surface area contributed by atoms with Gasteiger partial charge in [0.05, 0.1) is 30.5 Å². The molecule has 0 amide bonds. The Balaban J connectivity index is 1.74. The third kappa shape index (κ3) is 3.21. The normalized spacial score (nSPS) is 13.8. The van der Waals surface area contributed by atoms with Crippen LogP contribution in [0.3, 0.4) is 0 Å². The molecule has 1 N–H and O–H groups in total. The first-order chi connectivity index (χ1) is 10.3. The monoisotopic (exact) mass is 309 g/mol. The van der Waals surface area contributed by atoms with Crippen LogP contribution in [-0.2, 0) is 13.0 Å². The first-order valence-corrected chi connectivity index (χ1v) is 7.28. The van der Waals surface area contributed by atoms with Crippen molar-refractivity contribution in [1.29, 1.82) is 0 Å². The molecule has 0 bridgehead atoms. The van der Waals surface area contributed by atoms with E-state index in [4.69, 9.17) is 25.6 Å². The number of anilines is 1. The van der Waals surface area contributed by atoms with Crippen molar-refractivity contribution in [2.45, 2.75) is 26.3 Å². The number of aryl methyl sites for hydroxylation is 1. The number of nitrogens with one attached hydrogen (secondary N) is 1. The minimum atomic E-state index is 0.409. The molecular weight excluding hydrogens is 294 g/mol. The van der Waals surface area contributed by atoms with E-state index in [-0.39, 0.29) is 0 Å². The van der Waals surface area contributed by atoms with Gasteiger partial charge in [-0.2, -0.15) is 4.98 Å². The highest BCUT2D eigenvalue weighted by atomic mass is 35.5. The first kappa shape index (κ1) is 14.0. The van der Waals surface area contributed by atoms with Gasteiger partial charge in [0, 0.05) is 25.0 Å². The van der Waals surface area contributed by atoms with Crippen LogP contribution in [0.2, 0.25) is 5.02 Å². The predicted molar refractivity (Wildman–Crippen MR) is 78.1 cm³/mol. The maximum absolute atomic E-state index is 6.25. The molecular formula is C14H16ClN3O3. The Morgan fingerprint density at radius 2 is 2.00 bits per heavy atom. The zero-order chi connectivity index (χ0) is 14.7. The Kier molecular flexibility index (Phi) is 4.15. The molecule has 1 aliphatic heterocycles. The summed E-state index contributed by atoms with van der Waals surface area (Å²) in [4.78, 5) is 4.24. The largest absolute Gasteiger partial charge is 0.490 e. The molecule has 0 atom stereocenters. The van der Waals surface area contributed by atoms with Gasteiger partial charge in [-0.25, -0.2) is 0 Å². The SMILES string of the molecule is CCc1noc(CNc2cc3c(cc2Cl)OCCCO3)n1. The number of rotatable bonds is 4. The van der Waals surface area contributed by atoms with Crippen LogP contribution in [0.1, 0.15) is 25.1 Å².